The Balaban J connectivity index is 1.49. The number of rotatable bonds is 6. The SMILES string of the molecule is CC(C)CN1CCCC(C(=O)Cc2cc3cc(-c4cn(C)nn4)ccc3cn2)C1. The van der Waals surface area contributed by atoms with Crippen molar-refractivity contribution < 1.29 is 4.79 Å². The predicted octanol–water partition coefficient (Wildman–Crippen LogP) is 3.51. The topological polar surface area (TPSA) is 63.9 Å². The molecule has 0 radical (unpaired) electrons. The van der Waals surface area contributed by atoms with E-state index in [1.54, 1.807) is 4.68 Å². The molecule has 1 fully saturated rings. The summed E-state index contributed by atoms with van der Waals surface area (Å²) in [5.74, 6) is 1.08. The predicted molar refractivity (Wildman–Crippen MR) is 114 cm³/mol. The summed E-state index contributed by atoms with van der Waals surface area (Å²) in [5.41, 5.74) is 2.71. The Bertz CT molecular complexity index is 1010. The summed E-state index contributed by atoms with van der Waals surface area (Å²) in [6.45, 7) is 7.55. The molecule has 0 spiro atoms. The van der Waals surface area contributed by atoms with Gasteiger partial charge in [0.2, 0.25) is 0 Å². The number of hydrogen-bond acceptors (Lipinski definition) is 5. The quantitative estimate of drug-likeness (QED) is 0.643. The van der Waals surface area contributed by atoms with E-state index in [0.29, 0.717) is 18.1 Å². The van der Waals surface area contributed by atoms with Gasteiger partial charge in [-0.25, -0.2) is 0 Å². The van der Waals surface area contributed by atoms with Crippen LogP contribution in [0.25, 0.3) is 22.0 Å². The number of carbonyl (C=O) groups excluding carboxylic acids is 1. The summed E-state index contributed by atoms with van der Waals surface area (Å²) >= 11 is 0. The van der Waals surface area contributed by atoms with Crippen molar-refractivity contribution in [2.75, 3.05) is 19.6 Å². The first-order valence-electron chi connectivity index (χ1n) is 10.5. The lowest BCUT2D eigenvalue weighted by molar-refractivity contribution is -0.124. The molecule has 0 aliphatic carbocycles. The van der Waals surface area contributed by atoms with Gasteiger partial charge in [-0.15, -0.1) is 5.10 Å². The van der Waals surface area contributed by atoms with E-state index in [-0.39, 0.29) is 5.92 Å². The zero-order valence-electron chi connectivity index (χ0n) is 17.5. The number of ketones is 1. The molecule has 1 unspecified atom stereocenters. The Labute approximate surface area is 171 Å². The minimum Gasteiger partial charge on any atom is -0.302 e. The van der Waals surface area contributed by atoms with Crippen LogP contribution in [0, 0.1) is 11.8 Å². The highest BCUT2D eigenvalue weighted by Crippen LogP contribution is 2.24. The van der Waals surface area contributed by atoms with Crippen molar-refractivity contribution in [1.29, 1.82) is 0 Å². The lowest BCUT2D eigenvalue weighted by Gasteiger charge is -2.33. The van der Waals surface area contributed by atoms with Crippen LogP contribution < -0.4 is 0 Å². The van der Waals surface area contributed by atoms with Gasteiger partial charge >= 0.3 is 0 Å². The molecule has 1 aromatic carbocycles. The molecule has 2 aromatic heterocycles. The zero-order chi connectivity index (χ0) is 20.4. The van der Waals surface area contributed by atoms with Crippen molar-refractivity contribution in [3.8, 4) is 11.3 Å². The molecule has 6 heteroatoms. The fraction of sp³-hybridized carbons (Fsp3) is 0.478. The van der Waals surface area contributed by atoms with Crippen LogP contribution in [0.4, 0.5) is 0 Å². The van der Waals surface area contributed by atoms with Crippen molar-refractivity contribution in [2.24, 2.45) is 18.9 Å². The van der Waals surface area contributed by atoms with Gasteiger partial charge in [0, 0.05) is 55.3 Å². The lowest BCUT2D eigenvalue weighted by Crippen LogP contribution is -2.40. The highest BCUT2D eigenvalue weighted by molar-refractivity contribution is 5.88. The van der Waals surface area contributed by atoms with Gasteiger partial charge in [0.05, 0.1) is 6.20 Å². The summed E-state index contributed by atoms with van der Waals surface area (Å²) in [4.78, 5) is 19.9. The third kappa shape index (κ3) is 4.70. The van der Waals surface area contributed by atoms with Crippen molar-refractivity contribution in [3.63, 3.8) is 0 Å². The molecule has 29 heavy (non-hydrogen) atoms. The van der Waals surface area contributed by atoms with E-state index >= 15 is 0 Å². The highest BCUT2D eigenvalue weighted by atomic mass is 16.1. The van der Waals surface area contributed by atoms with Gasteiger partial charge in [0.1, 0.15) is 11.5 Å². The van der Waals surface area contributed by atoms with Crippen molar-refractivity contribution in [3.05, 3.63) is 42.4 Å². The van der Waals surface area contributed by atoms with Crippen LogP contribution in [0.2, 0.25) is 0 Å². The second-order valence-corrected chi connectivity index (χ2v) is 8.65. The Morgan fingerprint density at radius 3 is 2.86 bits per heavy atom. The number of likely N-dealkylation sites (tertiary alicyclic amines) is 1. The number of carbonyl (C=O) groups is 1. The van der Waals surface area contributed by atoms with E-state index in [2.05, 4.69) is 40.1 Å². The van der Waals surface area contributed by atoms with Crippen LogP contribution in [-0.2, 0) is 18.3 Å². The lowest BCUT2D eigenvalue weighted by atomic mass is 9.90. The molecule has 0 N–H and O–H groups in total. The van der Waals surface area contributed by atoms with E-state index in [9.17, 15) is 4.79 Å². The third-order valence-electron chi connectivity index (χ3n) is 5.62. The molecule has 1 saturated heterocycles. The summed E-state index contributed by atoms with van der Waals surface area (Å²) < 4.78 is 1.70. The number of hydrogen-bond donors (Lipinski definition) is 0. The van der Waals surface area contributed by atoms with Gasteiger partial charge < -0.3 is 4.90 Å². The summed E-state index contributed by atoms with van der Waals surface area (Å²) in [6, 6.07) is 8.22. The number of aryl methyl sites for hydroxylation is 1. The van der Waals surface area contributed by atoms with E-state index in [4.69, 9.17) is 0 Å². The summed E-state index contributed by atoms with van der Waals surface area (Å²) in [7, 11) is 1.86. The Hall–Kier alpha value is -2.60. The molecule has 1 atom stereocenters. The smallest absolute Gasteiger partial charge is 0.143 e. The maximum atomic E-state index is 12.9. The molecule has 3 heterocycles. The molecule has 1 aliphatic rings. The van der Waals surface area contributed by atoms with Crippen molar-refractivity contribution in [1.82, 2.24) is 24.9 Å². The number of benzene rings is 1. The highest BCUT2D eigenvalue weighted by Gasteiger charge is 2.26. The van der Waals surface area contributed by atoms with Crippen LogP contribution in [-0.4, -0.2) is 50.3 Å². The Morgan fingerprint density at radius 2 is 2.10 bits per heavy atom. The largest absolute Gasteiger partial charge is 0.302 e. The molecule has 3 aromatic rings. The van der Waals surface area contributed by atoms with E-state index in [0.717, 1.165) is 60.2 Å². The third-order valence-corrected chi connectivity index (χ3v) is 5.62. The fourth-order valence-electron chi connectivity index (χ4n) is 4.25. The van der Waals surface area contributed by atoms with Crippen molar-refractivity contribution >= 4 is 16.6 Å². The van der Waals surface area contributed by atoms with Crippen LogP contribution in [0.1, 0.15) is 32.4 Å². The molecule has 152 valence electrons. The maximum Gasteiger partial charge on any atom is 0.143 e. The first-order chi connectivity index (χ1) is 14.0. The van der Waals surface area contributed by atoms with Gasteiger partial charge in [0.15, 0.2) is 0 Å². The molecule has 6 nitrogen and oxygen atoms in total. The Kier molecular flexibility index (Phi) is 5.72. The molecule has 1 aliphatic heterocycles. The van der Waals surface area contributed by atoms with Crippen LogP contribution >= 0.6 is 0 Å². The number of pyridine rings is 1. The molecule has 0 bridgehead atoms. The van der Waals surface area contributed by atoms with Crippen LogP contribution in [0.3, 0.4) is 0 Å². The second-order valence-electron chi connectivity index (χ2n) is 8.65. The number of nitrogens with zero attached hydrogens (tertiary/aromatic N) is 5. The molecular weight excluding hydrogens is 362 g/mol. The number of piperidine rings is 1. The molecular formula is C23H29N5O. The molecule has 0 amide bonds. The average Bonchev–Trinajstić information content (AvgIpc) is 3.13. The first-order valence-corrected chi connectivity index (χ1v) is 10.5. The normalized spacial score (nSPS) is 17.9. The minimum absolute atomic E-state index is 0.130. The van der Waals surface area contributed by atoms with Gasteiger partial charge in [-0.1, -0.05) is 31.2 Å². The minimum atomic E-state index is 0.130. The van der Waals surface area contributed by atoms with Gasteiger partial charge in [-0.05, 0) is 42.8 Å². The van der Waals surface area contributed by atoms with Crippen molar-refractivity contribution in [2.45, 2.75) is 33.1 Å². The maximum absolute atomic E-state index is 12.9. The van der Waals surface area contributed by atoms with Crippen LogP contribution in [0.15, 0.2) is 36.7 Å². The van der Waals surface area contributed by atoms with Gasteiger partial charge in [0.25, 0.3) is 0 Å². The second kappa shape index (κ2) is 8.41. The van der Waals surface area contributed by atoms with E-state index in [1.807, 2.05) is 37.6 Å². The Morgan fingerprint density at radius 1 is 1.24 bits per heavy atom. The van der Waals surface area contributed by atoms with E-state index in [1.165, 1.54) is 0 Å². The fourth-order valence-corrected chi connectivity index (χ4v) is 4.25. The van der Waals surface area contributed by atoms with Crippen LogP contribution in [0.5, 0.6) is 0 Å². The van der Waals surface area contributed by atoms with Gasteiger partial charge in [-0.3, -0.25) is 14.5 Å². The average molecular weight is 392 g/mol. The number of fused-ring (bicyclic) bond motifs is 1. The zero-order valence-corrected chi connectivity index (χ0v) is 17.5. The first kappa shape index (κ1) is 19.7. The molecule has 4 rings (SSSR count). The van der Waals surface area contributed by atoms with E-state index < -0.39 is 0 Å². The summed E-state index contributed by atoms with van der Waals surface area (Å²) in [6.07, 6.45) is 6.28. The standard InChI is InChI=1S/C23H29N5O/c1-16(2)13-28-8-4-5-19(14-28)23(29)11-21-10-20-9-17(6-7-18(20)12-24-21)22-15-27(3)26-25-22/h6-7,9-10,12,15-16,19H,4-5,8,11,13-14H2,1-3H3. The monoisotopic (exact) mass is 391 g/mol. The number of Topliss-reactive ketones (excluding diaryl/α,β-unsaturated/α-hetero) is 1. The molecule has 0 saturated carbocycles. The number of aromatic nitrogens is 4. The van der Waals surface area contributed by atoms with Gasteiger partial charge in [-0.2, -0.15) is 0 Å². The summed E-state index contributed by atoms with van der Waals surface area (Å²) in [5, 5.41) is 10.3.